The number of urea groups is 1. The molecule has 2 amide bonds. The molecule has 21 heavy (non-hydrogen) atoms. The summed E-state index contributed by atoms with van der Waals surface area (Å²) in [5.74, 6) is 0. The Hall–Kier alpha value is -1.26. The smallest absolute Gasteiger partial charge is 0.319 e. The SMILES string of the molecule is CC1CCCCN1CCCNC(=O)Nc1ccc(Cl)cc1. The van der Waals surface area contributed by atoms with E-state index in [-0.39, 0.29) is 6.03 Å². The first-order chi connectivity index (χ1) is 10.1. The highest BCUT2D eigenvalue weighted by Gasteiger charge is 2.17. The summed E-state index contributed by atoms with van der Waals surface area (Å²) in [5.41, 5.74) is 0.751. The monoisotopic (exact) mass is 309 g/mol. The van der Waals surface area contributed by atoms with Gasteiger partial charge in [-0.25, -0.2) is 4.79 Å². The van der Waals surface area contributed by atoms with Gasteiger partial charge in [-0.05, 0) is 57.0 Å². The maximum Gasteiger partial charge on any atom is 0.319 e. The number of hydrogen-bond donors (Lipinski definition) is 2. The van der Waals surface area contributed by atoms with Crippen LogP contribution in [0.4, 0.5) is 10.5 Å². The van der Waals surface area contributed by atoms with E-state index in [9.17, 15) is 4.79 Å². The highest BCUT2D eigenvalue weighted by Crippen LogP contribution is 2.16. The van der Waals surface area contributed by atoms with Gasteiger partial charge in [0, 0.05) is 29.8 Å². The fraction of sp³-hybridized carbons (Fsp3) is 0.562. The third-order valence-electron chi connectivity index (χ3n) is 3.95. The molecule has 116 valence electrons. The Balaban J connectivity index is 1.61. The molecular weight excluding hydrogens is 286 g/mol. The van der Waals surface area contributed by atoms with Crippen molar-refractivity contribution in [2.45, 2.75) is 38.6 Å². The third kappa shape index (κ3) is 5.56. The van der Waals surface area contributed by atoms with Gasteiger partial charge in [0.05, 0.1) is 0 Å². The summed E-state index contributed by atoms with van der Waals surface area (Å²) in [5, 5.41) is 6.35. The molecule has 2 N–H and O–H groups in total. The number of nitrogens with one attached hydrogen (secondary N) is 2. The van der Waals surface area contributed by atoms with Gasteiger partial charge in [-0.2, -0.15) is 0 Å². The van der Waals surface area contributed by atoms with Crippen LogP contribution in [-0.2, 0) is 0 Å². The highest BCUT2D eigenvalue weighted by atomic mass is 35.5. The van der Waals surface area contributed by atoms with Crippen LogP contribution in [0.15, 0.2) is 24.3 Å². The summed E-state index contributed by atoms with van der Waals surface area (Å²) in [7, 11) is 0. The average Bonchev–Trinajstić information content (AvgIpc) is 2.48. The van der Waals surface area contributed by atoms with Crippen LogP contribution in [0.5, 0.6) is 0 Å². The largest absolute Gasteiger partial charge is 0.338 e. The van der Waals surface area contributed by atoms with Crippen LogP contribution in [-0.4, -0.2) is 36.6 Å². The fourth-order valence-corrected chi connectivity index (χ4v) is 2.81. The third-order valence-corrected chi connectivity index (χ3v) is 4.20. The van der Waals surface area contributed by atoms with Crippen molar-refractivity contribution in [3.63, 3.8) is 0 Å². The molecule has 4 nitrogen and oxygen atoms in total. The first-order valence-electron chi connectivity index (χ1n) is 7.69. The Kier molecular flexibility index (Phi) is 6.33. The van der Waals surface area contributed by atoms with Crippen LogP contribution in [0.2, 0.25) is 5.02 Å². The number of amides is 2. The van der Waals surface area contributed by atoms with E-state index in [1.165, 1.54) is 25.8 Å². The Bertz CT molecular complexity index is 449. The number of rotatable bonds is 5. The minimum absolute atomic E-state index is 0.163. The van der Waals surface area contributed by atoms with E-state index in [0.717, 1.165) is 18.7 Å². The summed E-state index contributed by atoms with van der Waals surface area (Å²) in [4.78, 5) is 14.3. The molecule has 1 aliphatic rings. The van der Waals surface area contributed by atoms with Crippen molar-refractivity contribution in [2.24, 2.45) is 0 Å². The van der Waals surface area contributed by atoms with Crippen molar-refractivity contribution in [1.29, 1.82) is 0 Å². The Morgan fingerprint density at radius 3 is 2.81 bits per heavy atom. The van der Waals surface area contributed by atoms with Crippen LogP contribution < -0.4 is 10.6 Å². The van der Waals surface area contributed by atoms with Crippen LogP contribution >= 0.6 is 11.6 Å². The number of anilines is 1. The van der Waals surface area contributed by atoms with Crippen molar-refractivity contribution in [3.8, 4) is 0 Å². The topological polar surface area (TPSA) is 44.4 Å². The molecule has 2 rings (SSSR count). The van der Waals surface area contributed by atoms with Crippen LogP contribution in [0.1, 0.15) is 32.6 Å². The standard InChI is InChI=1S/C16H24ClN3O/c1-13-5-2-3-11-20(13)12-4-10-18-16(21)19-15-8-6-14(17)7-9-15/h6-9,13H,2-5,10-12H2,1H3,(H2,18,19,21). The lowest BCUT2D eigenvalue weighted by Gasteiger charge is -2.33. The highest BCUT2D eigenvalue weighted by molar-refractivity contribution is 6.30. The summed E-state index contributed by atoms with van der Waals surface area (Å²) >= 11 is 5.80. The molecule has 0 saturated carbocycles. The van der Waals surface area contributed by atoms with E-state index >= 15 is 0 Å². The van der Waals surface area contributed by atoms with Gasteiger partial charge >= 0.3 is 6.03 Å². The van der Waals surface area contributed by atoms with E-state index in [2.05, 4.69) is 22.5 Å². The van der Waals surface area contributed by atoms with Crippen molar-refractivity contribution >= 4 is 23.3 Å². The molecule has 1 unspecified atom stereocenters. The molecule has 1 saturated heterocycles. The number of carbonyl (C=O) groups is 1. The van der Waals surface area contributed by atoms with E-state index in [1.807, 2.05) is 0 Å². The van der Waals surface area contributed by atoms with Crippen molar-refractivity contribution < 1.29 is 4.79 Å². The van der Waals surface area contributed by atoms with Gasteiger partial charge in [0.25, 0.3) is 0 Å². The molecule has 1 heterocycles. The molecule has 1 aliphatic heterocycles. The summed E-state index contributed by atoms with van der Waals surface area (Å²) in [6.07, 6.45) is 4.93. The molecule has 0 spiro atoms. The molecule has 1 fully saturated rings. The van der Waals surface area contributed by atoms with Crippen molar-refractivity contribution in [3.05, 3.63) is 29.3 Å². The predicted molar refractivity (Wildman–Crippen MR) is 88.0 cm³/mol. The normalized spacial score (nSPS) is 19.2. The number of piperidine rings is 1. The van der Waals surface area contributed by atoms with E-state index in [4.69, 9.17) is 11.6 Å². The first kappa shape index (κ1) is 16.1. The zero-order chi connectivity index (χ0) is 15.1. The molecule has 0 radical (unpaired) electrons. The lowest BCUT2D eigenvalue weighted by Crippen LogP contribution is -2.39. The lowest BCUT2D eigenvalue weighted by atomic mass is 10.0. The molecule has 1 aromatic rings. The Morgan fingerprint density at radius 1 is 1.33 bits per heavy atom. The van der Waals surface area contributed by atoms with Crippen LogP contribution in [0.3, 0.4) is 0 Å². The van der Waals surface area contributed by atoms with E-state index < -0.39 is 0 Å². The quantitative estimate of drug-likeness (QED) is 0.814. The second-order valence-corrected chi connectivity index (χ2v) is 6.06. The summed E-state index contributed by atoms with van der Waals surface area (Å²) in [6.45, 7) is 5.24. The number of halogens is 1. The maximum atomic E-state index is 11.7. The van der Waals surface area contributed by atoms with Gasteiger partial charge in [0.15, 0.2) is 0 Å². The van der Waals surface area contributed by atoms with Gasteiger partial charge in [-0.15, -0.1) is 0 Å². The minimum Gasteiger partial charge on any atom is -0.338 e. The second-order valence-electron chi connectivity index (χ2n) is 5.62. The minimum atomic E-state index is -0.163. The van der Waals surface area contributed by atoms with Gasteiger partial charge in [0.2, 0.25) is 0 Å². The molecule has 0 aliphatic carbocycles. The molecular formula is C16H24ClN3O. The van der Waals surface area contributed by atoms with Gasteiger partial charge in [0.1, 0.15) is 0 Å². The molecule has 5 heteroatoms. The lowest BCUT2D eigenvalue weighted by molar-refractivity contribution is 0.159. The van der Waals surface area contributed by atoms with Gasteiger partial charge in [-0.1, -0.05) is 18.0 Å². The van der Waals surface area contributed by atoms with Crippen molar-refractivity contribution in [1.82, 2.24) is 10.2 Å². The zero-order valence-electron chi connectivity index (χ0n) is 12.6. The summed E-state index contributed by atoms with van der Waals surface area (Å²) in [6, 6.07) is 7.61. The Labute approximate surface area is 131 Å². The number of nitrogens with zero attached hydrogens (tertiary/aromatic N) is 1. The van der Waals surface area contributed by atoms with Crippen LogP contribution in [0.25, 0.3) is 0 Å². The second kappa shape index (κ2) is 8.25. The predicted octanol–water partition coefficient (Wildman–Crippen LogP) is 3.73. The summed E-state index contributed by atoms with van der Waals surface area (Å²) < 4.78 is 0. The molecule has 1 atom stereocenters. The van der Waals surface area contributed by atoms with Crippen molar-refractivity contribution in [2.75, 3.05) is 25.0 Å². The van der Waals surface area contributed by atoms with Gasteiger partial charge < -0.3 is 15.5 Å². The number of benzene rings is 1. The van der Waals surface area contributed by atoms with Crippen LogP contribution in [0, 0.1) is 0 Å². The maximum absolute atomic E-state index is 11.7. The van der Waals surface area contributed by atoms with Gasteiger partial charge in [-0.3, -0.25) is 0 Å². The Morgan fingerprint density at radius 2 is 2.10 bits per heavy atom. The first-order valence-corrected chi connectivity index (χ1v) is 8.07. The number of carbonyl (C=O) groups excluding carboxylic acids is 1. The number of likely N-dealkylation sites (tertiary alicyclic amines) is 1. The fourth-order valence-electron chi connectivity index (χ4n) is 2.68. The van der Waals surface area contributed by atoms with E-state index in [1.54, 1.807) is 24.3 Å². The average molecular weight is 310 g/mol. The molecule has 0 aromatic heterocycles. The zero-order valence-corrected chi connectivity index (χ0v) is 13.3. The van der Waals surface area contributed by atoms with E-state index in [0.29, 0.717) is 17.6 Å². The molecule has 1 aromatic carbocycles. The number of hydrogen-bond acceptors (Lipinski definition) is 2. The molecule has 0 bridgehead atoms.